The monoisotopic (exact) mass is 516 g/mol. The zero-order chi connectivity index (χ0) is 26.7. The summed E-state index contributed by atoms with van der Waals surface area (Å²) in [5, 5.41) is 5.96. The molecule has 0 radical (unpaired) electrons. The summed E-state index contributed by atoms with van der Waals surface area (Å²) in [6, 6.07) is 15.9. The van der Waals surface area contributed by atoms with Crippen LogP contribution in [-0.4, -0.2) is 33.6 Å². The Labute approximate surface area is 223 Å². The van der Waals surface area contributed by atoms with Crippen molar-refractivity contribution in [1.29, 1.82) is 0 Å². The molecule has 0 aliphatic heterocycles. The highest BCUT2D eigenvalue weighted by molar-refractivity contribution is 5.91. The molecule has 3 amide bonds. The molecule has 8 heteroatoms. The quantitative estimate of drug-likeness (QED) is 0.359. The molecule has 1 unspecified atom stereocenters. The summed E-state index contributed by atoms with van der Waals surface area (Å²) in [7, 11) is 0. The van der Waals surface area contributed by atoms with Crippen LogP contribution in [0.4, 0.5) is 5.82 Å². The van der Waals surface area contributed by atoms with Gasteiger partial charge in [-0.1, -0.05) is 55.2 Å². The minimum Gasteiger partial charge on any atom is -0.467 e. The lowest BCUT2D eigenvalue weighted by molar-refractivity contribution is -0.142. The normalized spacial score (nSPS) is 14.4. The molecule has 1 aliphatic carbocycles. The number of hydrogen-bond acceptors (Lipinski definition) is 5. The number of furan rings is 1. The molecule has 2 heterocycles. The van der Waals surface area contributed by atoms with Gasteiger partial charge in [-0.3, -0.25) is 14.4 Å². The lowest BCUT2D eigenvalue weighted by Crippen LogP contribution is -2.46. The van der Waals surface area contributed by atoms with E-state index in [0.29, 0.717) is 18.0 Å². The molecule has 0 saturated heterocycles. The van der Waals surface area contributed by atoms with E-state index in [0.717, 1.165) is 36.8 Å². The van der Waals surface area contributed by atoms with E-state index in [1.807, 2.05) is 31.2 Å². The maximum atomic E-state index is 13.7. The van der Waals surface area contributed by atoms with Crippen molar-refractivity contribution < 1.29 is 18.8 Å². The average Bonchev–Trinajstić information content (AvgIpc) is 3.44. The standard InChI is InChI=1S/C30H36N4O4/c1-22-15-17-23(18-16-22)29(30(37)32-24-9-3-2-4-10-24)34(21-25-11-8-20-38-25)28(36)14-7-13-27(35)33-26-12-5-6-19-31-26/h5-6,8,11-12,15-20,24,29H,2-4,7,9-10,13-14,21H2,1H3,(H,32,37)(H,31,33,35). The fourth-order valence-electron chi connectivity index (χ4n) is 4.83. The van der Waals surface area contributed by atoms with Crippen LogP contribution in [0, 0.1) is 6.92 Å². The number of rotatable bonds is 11. The molecular weight excluding hydrogens is 480 g/mol. The number of pyridine rings is 1. The van der Waals surface area contributed by atoms with Crippen LogP contribution in [0.25, 0.3) is 0 Å². The number of carbonyl (C=O) groups excluding carboxylic acids is 3. The number of aryl methyl sites for hydroxylation is 1. The molecule has 1 atom stereocenters. The third kappa shape index (κ3) is 7.78. The van der Waals surface area contributed by atoms with Gasteiger partial charge in [0.2, 0.25) is 17.7 Å². The van der Waals surface area contributed by atoms with Crippen molar-refractivity contribution in [2.75, 3.05) is 5.32 Å². The van der Waals surface area contributed by atoms with Crippen molar-refractivity contribution in [2.45, 2.75) is 76.9 Å². The number of nitrogens with one attached hydrogen (secondary N) is 2. The Kier molecular flexibility index (Phi) is 9.67. The van der Waals surface area contributed by atoms with Gasteiger partial charge in [0.1, 0.15) is 17.6 Å². The van der Waals surface area contributed by atoms with Gasteiger partial charge in [-0.05, 0) is 56.0 Å². The summed E-state index contributed by atoms with van der Waals surface area (Å²) in [5.41, 5.74) is 1.82. The van der Waals surface area contributed by atoms with Crippen LogP contribution in [0.3, 0.4) is 0 Å². The van der Waals surface area contributed by atoms with Gasteiger partial charge in [0, 0.05) is 25.1 Å². The van der Waals surface area contributed by atoms with E-state index < -0.39 is 6.04 Å². The first-order chi connectivity index (χ1) is 18.5. The number of carbonyl (C=O) groups is 3. The van der Waals surface area contributed by atoms with Gasteiger partial charge >= 0.3 is 0 Å². The zero-order valence-electron chi connectivity index (χ0n) is 21.9. The Morgan fingerprint density at radius 2 is 1.79 bits per heavy atom. The largest absolute Gasteiger partial charge is 0.467 e. The predicted octanol–water partition coefficient (Wildman–Crippen LogP) is 5.31. The lowest BCUT2D eigenvalue weighted by atomic mass is 9.94. The number of hydrogen-bond donors (Lipinski definition) is 2. The molecule has 0 bridgehead atoms. The molecule has 8 nitrogen and oxygen atoms in total. The lowest BCUT2D eigenvalue weighted by Gasteiger charge is -2.33. The highest BCUT2D eigenvalue weighted by Gasteiger charge is 2.33. The van der Waals surface area contributed by atoms with E-state index in [9.17, 15) is 14.4 Å². The molecule has 3 aromatic rings. The van der Waals surface area contributed by atoms with Crippen molar-refractivity contribution in [3.63, 3.8) is 0 Å². The van der Waals surface area contributed by atoms with Crippen molar-refractivity contribution >= 4 is 23.5 Å². The molecule has 0 spiro atoms. The molecule has 4 rings (SSSR count). The first kappa shape index (κ1) is 27.1. The van der Waals surface area contributed by atoms with Gasteiger partial charge in [-0.25, -0.2) is 4.98 Å². The molecule has 1 fully saturated rings. The Balaban J connectivity index is 1.50. The summed E-state index contributed by atoms with van der Waals surface area (Å²) >= 11 is 0. The molecule has 1 aliphatic rings. The van der Waals surface area contributed by atoms with Crippen LogP contribution in [-0.2, 0) is 20.9 Å². The van der Waals surface area contributed by atoms with Crippen LogP contribution >= 0.6 is 0 Å². The first-order valence-corrected chi connectivity index (χ1v) is 13.4. The predicted molar refractivity (Wildman–Crippen MR) is 145 cm³/mol. The number of anilines is 1. The van der Waals surface area contributed by atoms with Crippen LogP contribution in [0.15, 0.2) is 71.5 Å². The van der Waals surface area contributed by atoms with E-state index in [1.165, 1.54) is 6.42 Å². The Morgan fingerprint density at radius 1 is 1.00 bits per heavy atom. The summed E-state index contributed by atoms with van der Waals surface area (Å²) in [6.07, 6.45) is 9.06. The van der Waals surface area contributed by atoms with Crippen LogP contribution < -0.4 is 10.6 Å². The molecule has 38 heavy (non-hydrogen) atoms. The van der Waals surface area contributed by atoms with E-state index in [1.54, 1.807) is 47.7 Å². The molecule has 1 aromatic carbocycles. The highest BCUT2D eigenvalue weighted by atomic mass is 16.3. The molecule has 200 valence electrons. The maximum Gasteiger partial charge on any atom is 0.247 e. The minimum absolute atomic E-state index is 0.111. The van der Waals surface area contributed by atoms with E-state index in [4.69, 9.17) is 4.42 Å². The van der Waals surface area contributed by atoms with Crippen LogP contribution in [0.2, 0.25) is 0 Å². The highest BCUT2D eigenvalue weighted by Crippen LogP contribution is 2.27. The van der Waals surface area contributed by atoms with Gasteiger partial charge in [0.05, 0.1) is 12.8 Å². The minimum atomic E-state index is -0.808. The summed E-state index contributed by atoms with van der Waals surface area (Å²) < 4.78 is 5.56. The summed E-state index contributed by atoms with van der Waals surface area (Å²) in [6.45, 7) is 2.14. The molecule has 1 saturated carbocycles. The Bertz CT molecular complexity index is 1170. The number of amides is 3. The van der Waals surface area contributed by atoms with Gasteiger partial charge < -0.3 is 20.0 Å². The third-order valence-corrected chi connectivity index (χ3v) is 6.86. The van der Waals surface area contributed by atoms with E-state index in [-0.39, 0.29) is 43.1 Å². The van der Waals surface area contributed by atoms with Crippen molar-refractivity contribution in [1.82, 2.24) is 15.2 Å². The number of aromatic nitrogens is 1. The molecule has 2 aromatic heterocycles. The average molecular weight is 517 g/mol. The van der Waals surface area contributed by atoms with Gasteiger partial charge in [-0.2, -0.15) is 0 Å². The fraction of sp³-hybridized carbons (Fsp3) is 0.400. The smallest absolute Gasteiger partial charge is 0.247 e. The van der Waals surface area contributed by atoms with E-state index in [2.05, 4.69) is 15.6 Å². The van der Waals surface area contributed by atoms with E-state index >= 15 is 0 Å². The van der Waals surface area contributed by atoms with Gasteiger partial charge in [0.25, 0.3) is 0 Å². The molecule has 2 N–H and O–H groups in total. The van der Waals surface area contributed by atoms with Crippen LogP contribution in [0.5, 0.6) is 0 Å². The first-order valence-electron chi connectivity index (χ1n) is 13.4. The molecular formula is C30H36N4O4. The Morgan fingerprint density at radius 3 is 2.47 bits per heavy atom. The maximum absolute atomic E-state index is 13.7. The number of benzene rings is 1. The topological polar surface area (TPSA) is 105 Å². The zero-order valence-corrected chi connectivity index (χ0v) is 21.9. The van der Waals surface area contributed by atoms with Crippen LogP contribution in [0.1, 0.15) is 74.3 Å². The third-order valence-electron chi connectivity index (χ3n) is 6.86. The fourth-order valence-corrected chi connectivity index (χ4v) is 4.83. The SMILES string of the molecule is Cc1ccc(C(C(=O)NC2CCCCC2)N(Cc2ccco2)C(=O)CCCC(=O)Nc2ccccn2)cc1. The van der Waals surface area contributed by atoms with Crippen molar-refractivity contribution in [3.05, 3.63) is 83.9 Å². The second-order valence-electron chi connectivity index (χ2n) is 9.87. The number of nitrogens with zero attached hydrogens (tertiary/aromatic N) is 2. The Hall–Kier alpha value is -3.94. The van der Waals surface area contributed by atoms with Crippen molar-refractivity contribution in [2.24, 2.45) is 0 Å². The van der Waals surface area contributed by atoms with Gasteiger partial charge in [-0.15, -0.1) is 0 Å². The second-order valence-corrected chi connectivity index (χ2v) is 9.87. The second kappa shape index (κ2) is 13.6. The van der Waals surface area contributed by atoms with Gasteiger partial charge in [0.15, 0.2) is 0 Å². The van der Waals surface area contributed by atoms with Crippen molar-refractivity contribution in [3.8, 4) is 0 Å². The summed E-state index contributed by atoms with van der Waals surface area (Å²) in [4.78, 5) is 45.5. The summed E-state index contributed by atoms with van der Waals surface area (Å²) in [5.74, 6) is 0.458.